The first-order valence-corrected chi connectivity index (χ1v) is 7.41. The van der Waals surface area contributed by atoms with Gasteiger partial charge in [-0.1, -0.05) is 0 Å². The van der Waals surface area contributed by atoms with Crippen molar-refractivity contribution in [3.63, 3.8) is 0 Å². The van der Waals surface area contributed by atoms with E-state index in [1.54, 1.807) is 17.2 Å². The number of pyridine rings is 1. The van der Waals surface area contributed by atoms with Gasteiger partial charge in [0, 0.05) is 18.8 Å². The van der Waals surface area contributed by atoms with Crippen molar-refractivity contribution in [2.24, 2.45) is 0 Å². The Morgan fingerprint density at radius 3 is 2.94 bits per heavy atom. The van der Waals surface area contributed by atoms with Crippen LogP contribution in [0.25, 0.3) is 0 Å². The van der Waals surface area contributed by atoms with E-state index >= 15 is 0 Å². The Morgan fingerprint density at radius 2 is 2.39 bits per heavy atom. The number of thioether (sulfide) groups is 1. The van der Waals surface area contributed by atoms with Crippen molar-refractivity contribution in [1.29, 1.82) is 0 Å². The summed E-state index contributed by atoms with van der Waals surface area (Å²) in [5, 5.41) is 9.87. The minimum atomic E-state index is -0.00815. The van der Waals surface area contributed by atoms with Gasteiger partial charge in [0.15, 0.2) is 0 Å². The van der Waals surface area contributed by atoms with Gasteiger partial charge in [-0.25, -0.2) is 4.98 Å². The number of hydrogen-bond acceptors (Lipinski definition) is 4. The molecule has 0 aliphatic heterocycles. The Bertz CT molecular complexity index is 421. The maximum absolute atomic E-state index is 12.5. The zero-order valence-electron chi connectivity index (χ0n) is 10.5. The van der Waals surface area contributed by atoms with Gasteiger partial charge < -0.3 is 10.0 Å². The number of aromatic nitrogens is 1. The van der Waals surface area contributed by atoms with Gasteiger partial charge in [0.1, 0.15) is 5.03 Å². The number of nitrogens with zero attached hydrogens (tertiary/aromatic N) is 2. The van der Waals surface area contributed by atoms with Gasteiger partial charge in [0.25, 0.3) is 5.91 Å². The molecule has 1 heterocycles. The van der Waals surface area contributed by atoms with Crippen LogP contribution in [0.3, 0.4) is 0 Å². The molecule has 18 heavy (non-hydrogen) atoms. The SMILES string of the molecule is CSc1ncccc1C(=O)N(CCO)C1CCC1. The van der Waals surface area contributed by atoms with Crippen LogP contribution in [-0.2, 0) is 0 Å². The van der Waals surface area contributed by atoms with Crippen LogP contribution in [0.15, 0.2) is 23.4 Å². The number of carbonyl (C=O) groups is 1. The number of aliphatic hydroxyl groups is 1. The van der Waals surface area contributed by atoms with Crippen molar-refractivity contribution < 1.29 is 9.90 Å². The van der Waals surface area contributed by atoms with Crippen LogP contribution in [0.2, 0.25) is 0 Å². The molecule has 1 N–H and O–H groups in total. The van der Waals surface area contributed by atoms with Crippen molar-refractivity contribution >= 4 is 17.7 Å². The summed E-state index contributed by atoms with van der Waals surface area (Å²) >= 11 is 1.48. The van der Waals surface area contributed by atoms with Gasteiger partial charge >= 0.3 is 0 Å². The Kier molecular flexibility index (Phi) is 4.60. The second-order valence-corrected chi connectivity index (χ2v) is 5.16. The van der Waals surface area contributed by atoms with E-state index in [0.717, 1.165) is 17.9 Å². The average Bonchev–Trinajstić information content (AvgIpc) is 2.35. The third kappa shape index (κ3) is 2.67. The fraction of sp³-hybridized carbons (Fsp3) is 0.538. The molecule has 0 unspecified atom stereocenters. The molecule has 1 aromatic heterocycles. The van der Waals surface area contributed by atoms with Gasteiger partial charge in [-0.05, 0) is 37.7 Å². The van der Waals surface area contributed by atoms with E-state index in [0.29, 0.717) is 18.2 Å². The maximum Gasteiger partial charge on any atom is 0.256 e. The van der Waals surface area contributed by atoms with Crippen LogP contribution in [-0.4, -0.2) is 46.3 Å². The molecule has 0 radical (unpaired) electrons. The lowest BCUT2D eigenvalue weighted by atomic mass is 9.91. The average molecular weight is 266 g/mol. The summed E-state index contributed by atoms with van der Waals surface area (Å²) in [5.41, 5.74) is 0.644. The monoisotopic (exact) mass is 266 g/mol. The summed E-state index contributed by atoms with van der Waals surface area (Å²) in [6.07, 6.45) is 6.87. The van der Waals surface area contributed by atoms with Gasteiger partial charge in [-0.3, -0.25) is 4.79 Å². The zero-order valence-corrected chi connectivity index (χ0v) is 11.3. The molecule has 2 rings (SSSR count). The first-order chi connectivity index (χ1) is 8.77. The zero-order chi connectivity index (χ0) is 13.0. The highest BCUT2D eigenvalue weighted by Crippen LogP contribution is 2.27. The van der Waals surface area contributed by atoms with E-state index in [9.17, 15) is 4.79 Å². The van der Waals surface area contributed by atoms with Crippen LogP contribution < -0.4 is 0 Å². The van der Waals surface area contributed by atoms with E-state index in [1.165, 1.54) is 18.2 Å². The highest BCUT2D eigenvalue weighted by atomic mass is 32.2. The molecule has 0 bridgehead atoms. The van der Waals surface area contributed by atoms with Crippen LogP contribution in [0.1, 0.15) is 29.6 Å². The summed E-state index contributed by atoms with van der Waals surface area (Å²) in [4.78, 5) is 18.5. The van der Waals surface area contributed by atoms with Crippen molar-refractivity contribution in [2.45, 2.75) is 30.3 Å². The molecule has 98 valence electrons. The minimum Gasteiger partial charge on any atom is -0.395 e. The predicted molar refractivity (Wildman–Crippen MR) is 71.8 cm³/mol. The smallest absolute Gasteiger partial charge is 0.256 e. The Balaban J connectivity index is 2.21. The number of carbonyl (C=O) groups excluding carboxylic acids is 1. The molecule has 1 fully saturated rings. The molecule has 1 saturated carbocycles. The fourth-order valence-corrected chi connectivity index (χ4v) is 2.67. The Morgan fingerprint density at radius 1 is 1.61 bits per heavy atom. The van der Waals surface area contributed by atoms with Crippen molar-refractivity contribution in [1.82, 2.24) is 9.88 Å². The highest BCUT2D eigenvalue weighted by Gasteiger charge is 2.30. The van der Waals surface area contributed by atoms with Crippen molar-refractivity contribution in [3.8, 4) is 0 Å². The van der Waals surface area contributed by atoms with Crippen molar-refractivity contribution in [3.05, 3.63) is 23.9 Å². The molecule has 0 aromatic carbocycles. The lowest BCUT2D eigenvalue weighted by molar-refractivity contribution is 0.0521. The van der Waals surface area contributed by atoms with Crippen LogP contribution in [0, 0.1) is 0 Å². The molecule has 0 atom stereocenters. The van der Waals surface area contributed by atoms with E-state index in [-0.39, 0.29) is 12.5 Å². The highest BCUT2D eigenvalue weighted by molar-refractivity contribution is 7.98. The Hall–Kier alpha value is -1.07. The summed E-state index contributed by atoms with van der Waals surface area (Å²) in [5.74, 6) is -0.00815. The van der Waals surface area contributed by atoms with E-state index in [2.05, 4.69) is 4.98 Å². The summed E-state index contributed by atoms with van der Waals surface area (Å²) in [6.45, 7) is 0.420. The van der Waals surface area contributed by atoms with Crippen molar-refractivity contribution in [2.75, 3.05) is 19.4 Å². The van der Waals surface area contributed by atoms with Gasteiger partial charge in [0.2, 0.25) is 0 Å². The van der Waals surface area contributed by atoms with Gasteiger partial charge in [0.05, 0.1) is 12.2 Å². The molecule has 1 aromatic rings. The third-order valence-corrected chi connectivity index (χ3v) is 4.02. The largest absolute Gasteiger partial charge is 0.395 e. The molecule has 0 saturated heterocycles. The molecule has 1 amide bonds. The van der Waals surface area contributed by atoms with Gasteiger partial charge in [-0.2, -0.15) is 0 Å². The lowest BCUT2D eigenvalue weighted by Crippen LogP contribution is -2.45. The molecule has 1 aliphatic rings. The molecule has 5 heteroatoms. The predicted octanol–water partition coefficient (Wildman–Crippen LogP) is 1.79. The van der Waals surface area contributed by atoms with E-state index in [1.807, 2.05) is 12.3 Å². The number of hydrogen-bond donors (Lipinski definition) is 1. The fourth-order valence-electron chi connectivity index (χ4n) is 2.13. The molecular formula is C13H18N2O2S. The maximum atomic E-state index is 12.5. The van der Waals surface area contributed by atoms with Crippen LogP contribution in [0.4, 0.5) is 0 Å². The molecule has 0 spiro atoms. The summed E-state index contributed by atoms with van der Waals surface area (Å²) < 4.78 is 0. The molecule has 4 nitrogen and oxygen atoms in total. The second kappa shape index (κ2) is 6.20. The van der Waals surface area contributed by atoms with Gasteiger partial charge in [-0.15, -0.1) is 11.8 Å². The quantitative estimate of drug-likeness (QED) is 0.826. The summed E-state index contributed by atoms with van der Waals surface area (Å²) in [6, 6.07) is 3.88. The van der Waals surface area contributed by atoms with E-state index in [4.69, 9.17) is 5.11 Å². The topological polar surface area (TPSA) is 53.4 Å². The summed E-state index contributed by atoms with van der Waals surface area (Å²) in [7, 11) is 0. The minimum absolute atomic E-state index is 0.00815. The number of amides is 1. The molecule has 1 aliphatic carbocycles. The normalized spacial score (nSPS) is 15.2. The second-order valence-electron chi connectivity index (χ2n) is 4.37. The lowest BCUT2D eigenvalue weighted by Gasteiger charge is -2.37. The standard InChI is InChI=1S/C13H18N2O2S/c1-18-12-11(6-3-7-14-12)13(17)15(8-9-16)10-4-2-5-10/h3,6-7,10,16H,2,4-5,8-9H2,1H3. The molecular weight excluding hydrogens is 248 g/mol. The number of aliphatic hydroxyl groups excluding tert-OH is 1. The van der Waals surface area contributed by atoms with Crippen LogP contribution in [0.5, 0.6) is 0 Å². The van der Waals surface area contributed by atoms with Crippen LogP contribution >= 0.6 is 11.8 Å². The Labute approximate surface area is 111 Å². The number of rotatable bonds is 5. The van der Waals surface area contributed by atoms with E-state index < -0.39 is 0 Å². The first-order valence-electron chi connectivity index (χ1n) is 6.18. The third-order valence-electron chi connectivity index (χ3n) is 3.31. The first kappa shape index (κ1) is 13.4.